The third kappa shape index (κ3) is 3.92. The Morgan fingerprint density at radius 1 is 1.32 bits per heavy atom. The van der Waals surface area contributed by atoms with E-state index < -0.39 is 0 Å². The molecule has 1 fully saturated rings. The van der Waals surface area contributed by atoms with Crippen LogP contribution in [0.4, 0.5) is 0 Å². The molecule has 1 aliphatic rings. The highest BCUT2D eigenvalue weighted by atomic mass is 16.3. The lowest BCUT2D eigenvalue weighted by Crippen LogP contribution is -2.27. The average Bonchev–Trinajstić information content (AvgIpc) is 3.12. The second-order valence-corrected chi connectivity index (χ2v) is 6.68. The van der Waals surface area contributed by atoms with Crippen molar-refractivity contribution in [2.24, 2.45) is 0 Å². The third-order valence-corrected chi connectivity index (χ3v) is 4.63. The fourth-order valence-corrected chi connectivity index (χ4v) is 3.34. The molecule has 5 heteroatoms. The number of aryl methyl sites for hydroxylation is 2. The number of carbonyl (C=O) groups excluding carboxylic acids is 2. The predicted octanol–water partition coefficient (Wildman–Crippen LogP) is 3.51. The van der Waals surface area contributed by atoms with Gasteiger partial charge >= 0.3 is 0 Å². The van der Waals surface area contributed by atoms with Gasteiger partial charge in [0, 0.05) is 30.6 Å². The van der Waals surface area contributed by atoms with Crippen LogP contribution < -0.4 is 5.32 Å². The number of likely N-dealkylation sites (tertiary alicyclic amines) is 1. The van der Waals surface area contributed by atoms with E-state index in [1.165, 1.54) is 0 Å². The molecule has 1 aliphatic heterocycles. The first kappa shape index (κ1) is 17.3. The molecule has 1 aromatic carbocycles. The van der Waals surface area contributed by atoms with Gasteiger partial charge in [-0.1, -0.05) is 12.1 Å². The molecule has 0 radical (unpaired) electrons. The van der Waals surface area contributed by atoms with Crippen LogP contribution >= 0.6 is 0 Å². The summed E-state index contributed by atoms with van der Waals surface area (Å²) in [5.74, 6) is 1.73. The number of hydrogen-bond donors (Lipinski definition) is 1. The number of carbonyl (C=O) groups is 2. The molecule has 1 saturated heterocycles. The highest BCUT2D eigenvalue weighted by Crippen LogP contribution is 2.22. The van der Waals surface area contributed by atoms with Crippen molar-refractivity contribution >= 4 is 11.8 Å². The van der Waals surface area contributed by atoms with Gasteiger partial charge in [-0.15, -0.1) is 0 Å². The fraction of sp³-hybridized carbons (Fsp3) is 0.400. The minimum Gasteiger partial charge on any atom is -0.466 e. The van der Waals surface area contributed by atoms with Gasteiger partial charge in [-0.25, -0.2) is 0 Å². The number of hydrogen-bond acceptors (Lipinski definition) is 3. The summed E-state index contributed by atoms with van der Waals surface area (Å²) in [6, 6.07) is 9.30. The summed E-state index contributed by atoms with van der Waals surface area (Å²) in [4.78, 5) is 26.2. The van der Waals surface area contributed by atoms with Crippen LogP contribution in [0.5, 0.6) is 0 Å². The molecule has 1 atom stereocenters. The van der Waals surface area contributed by atoms with E-state index in [0.717, 1.165) is 35.6 Å². The number of rotatable bonds is 5. The average molecular weight is 340 g/mol. The fourth-order valence-electron chi connectivity index (χ4n) is 3.34. The maximum atomic E-state index is 12.6. The Morgan fingerprint density at radius 2 is 2.12 bits per heavy atom. The number of nitrogens with zero attached hydrogens (tertiary/aromatic N) is 1. The molecule has 3 rings (SSSR count). The van der Waals surface area contributed by atoms with Crippen LogP contribution in [0, 0.1) is 13.8 Å². The van der Waals surface area contributed by atoms with Gasteiger partial charge < -0.3 is 14.6 Å². The molecule has 1 unspecified atom stereocenters. The van der Waals surface area contributed by atoms with Crippen molar-refractivity contribution in [3.05, 3.63) is 58.5 Å². The van der Waals surface area contributed by atoms with E-state index in [-0.39, 0.29) is 17.9 Å². The second-order valence-electron chi connectivity index (χ2n) is 6.68. The van der Waals surface area contributed by atoms with Crippen LogP contribution in [0.15, 0.2) is 34.7 Å². The lowest BCUT2D eigenvalue weighted by atomic mass is 10.1. The molecule has 2 amide bonds. The molecule has 132 valence electrons. The summed E-state index contributed by atoms with van der Waals surface area (Å²) in [5.41, 5.74) is 2.57. The van der Waals surface area contributed by atoms with Crippen LogP contribution in [0.2, 0.25) is 0 Å². The second kappa shape index (κ2) is 7.13. The molecule has 1 aromatic heterocycles. The van der Waals surface area contributed by atoms with Gasteiger partial charge in [0.05, 0.1) is 6.04 Å². The van der Waals surface area contributed by atoms with Gasteiger partial charge in [0.2, 0.25) is 5.91 Å². The van der Waals surface area contributed by atoms with Crippen molar-refractivity contribution in [2.45, 2.75) is 46.2 Å². The molecule has 5 nitrogen and oxygen atoms in total. The Kier molecular flexibility index (Phi) is 4.93. The zero-order valence-corrected chi connectivity index (χ0v) is 15.0. The SMILES string of the molecule is Cc1cc(C(C)NC(=O)c2cccc(CN3CCCC3=O)c2)c(C)o1. The lowest BCUT2D eigenvalue weighted by molar-refractivity contribution is -0.128. The zero-order chi connectivity index (χ0) is 18.0. The van der Waals surface area contributed by atoms with E-state index in [4.69, 9.17) is 4.42 Å². The Hall–Kier alpha value is -2.56. The van der Waals surface area contributed by atoms with Gasteiger partial charge in [0.15, 0.2) is 0 Å². The molecule has 0 bridgehead atoms. The van der Waals surface area contributed by atoms with Gasteiger partial charge in [-0.05, 0) is 51.0 Å². The topological polar surface area (TPSA) is 62.6 Å². The zero-order valence-electron chi connectivity index (χ0n) is 15.0. The number of nitrogens with one attached hydrogen (secondary N) is 1. The first-order valence-corrected chi connectivity index (χ1v) is 8.68. The summed E-state index contributed by atoms with van der Waals surface area (Å²) in [5, 5.41) is 3.02. The minimum atomic E-state index is -0.131. The van der Waals surface area contributed by atoms with Crippen molar-refractivity contribution in [1.29, 1.82) is 0 Å². The van der Waals surface area contributed by atoms with E-state index in [2.05, 4.69) is 5.32 Å². The van der Waals surface area contributed by atoms with Crippen LogP contribution in [0.1, 0.15) is 58.8 Å². The largest absolute Gasteiger partial charge is 0.466 e. The Balaban J connectivity index is 1.68. The summed E-state index contributed by atoms with van der Waals surface area (Å²) in [6.07, 6.45) is 1.54. The smallest absolute Gasteiger partial charge is 0.251 e. The van der Waals surface area contributed by atoms with Gasteiger partial charge in [-0.3, -0.25) is 9.59 Å². The van der Waals surface area contributed by atoms with Crippen molar-refractivity contribution in [3.8, 4) is 0 Å². The first-order valence-electron chi connectivity index (χ1n) is 8.68. The molecule has 0 saturated carbocycles. The normalized spacial score (nSPS) is 15.5. The van der Waals surface area contributed by atoms with Gasteiger partial charge in [0.1, 0.15) is 11.5 Å². The van der Waals surface area contributed by atoms with E-state index >= 15 is 0 Å². The van der Waals surface area contributed by atoms with Crippen molar-refractivity contribution in [1.82, 2.24) is 10.2 Å². The molecule has 0 spiro atoms. The summed E-state index contributed by atoms with van der Waals surface area (Å²) in [6.45, 7) is 7.11. The minimum absolute atomic E-state index is 0.125. The third-order valence-electron chi connectivity index (χ3n) is 4.63. The standard InChI is InChI=1S/C20H24N2O3/c1-13-10-18(15(3)25-13)14(2)21-20(24)17-7-4-6-16(11-17)12-22-9-5-8-19(22)23/h4,6-7,10-11,14H,5,8-9,12H2,1-3H3,(H,21,24). The molecule has 2 heterocycles. The number of benzene rings is 1. The lowest BCUT2D eigenvalue weighted by Gasteiger charge is -2.17. The van der Waals surface area contributed by atoms with Crippen LogP contribution in [0.25, 0.3) is 0 Å². The van der Waals surface area contributed by atoms with Crippen LogP contribution in [-0.4, -0.2) is 23.3 Å². The highest BCUT2D eigenvalue weighted by molar-refractivity contribution is 5.94. The molecule has 25 heavy (non-hydrogen) atoms. The number of furan rings is 1. The first-order chi connectivity index (χ1) is 11.9. The molecular formula is C20H24N2O3. The Labute approximate surface area is 148 Å². The maximum absolute atomic E-state index is 12.6. The molecule has 1 N–H and O–H groups in total. The predicted molar refractivity (Wildman–Crippen MR) is 95.2 cm³/mol. The highest BCUT2D eigenvalue weighted by Gasteiger charge is 2.21. The van der Waals surface area contributed by atoms with E-state index in [9.17, 15) is 9.59 Å². The summed E-state index contributed by atoms with van der Waals surface area (Å²) < 4.78 is 5.54. The Morgan fingerprint density at radius 3 is 2.76 bits per heavy atom. The van der Waals surface area contributed by atoms with Gasteiger partial charge in [0.25, 0.3) is 5.91 Å². The quantitative estimate of drug-likeness (QED) is 0.906. The van der Waals surface area contributed by atoms with Gasteiger partial charge in [-0.2, -0.15) is 0 Å². The van der Waals surface area contributed by atoms with Crippen molar-refractivity contribution in [3.63, 3.8) is 0 Å². The summed E-state index contributed by atoms with van der Waals surface area (Å²) >= 11 is 0. The maximum Gasteiger partial charge on any atom is 0.251 e. The van der Waals surface area contributed by atoms with Crippen LogP contribution in [-0.2, 0) is 11.3 Å². The molecule has 0 aliphatic carbocycles. The van der Waals surface area contributed by atoms with E-state index in [1.807, 2.05) is 49.9 Å². The van der Waals surface area contributed by atoms with E-state index in [1.54, 1.807) is 6.07 Å². The van der Waals surface area contributed by atoms with E-state index in [0.29, 0.717) is 18.5 Å². The molecule has 2 aromatic rings. The summed E-state index contributed by atoms with van der Waals surface area (Å²) in [7, 11) is 0. The monoisotopic (exact) mass is 340 g/mol. The van der Waals surface area contributed by atoms with Crippen molar-refractivity contribution < 1.29 is 14.0 Å². The van der Waals surface area contributed by atoms with Crippen LogP contribution in [0.3, 0.4) is 0 Å². The number of amides is 2. The Bertz CT molecular complexity index is 794. The molecular weight excluding hydrogens is 316 g/mol. The van der Waals surface area contributed by atoms with Crippen molar-refractivity contribution in [2.75, 3.05) is 6.54 Å².